The van der Waals surface area contributed by atoms with Crippen molar-refractivity contribution in [1.82, 2.24) is 5.32 Å². The Hall–Kier alpha value is -1.59. The molecule has 1 saturated carbocycles. The summed E-state index contributed by atoms with van der Waals surface area (Å²) in [5, 5.41) is 12.3. The summed E-state index contributed by atoms with van der Waals surface area (Å²) in [6.07, 6.45) is 8.05. The number of rotatable bonds is 7. The zero-order valence-corrected chi connectivity index (χ0v) is 15.9. The fourth-order valence-electron chi connectivity index (χ4n) is 4.21. The van der Waals surface area contributed by atoms with Crippen LogP contribution >= 0.6 is 0 Å². The molecule has 0 radical (unpaired) electrons. The lowest BCUT2D eigenvalue weighted by atomic mass is 9.84. The van der Waals surface area contributed by atoms with Gasteiger partial charge in [0.05, 0.1) is 6.61 Å². The standard InChI is InChI=1S/C21H32N2O3/c1-23(18-5-3-2-4-6-18)19-9-7-17(8-10-19)20(25)22-15-21(11-13-24)12-14-26-16-21/h7-10,18,24H,2-6,11-16H2,1H3,(H,22,25). The number of aliphatic hydroxyl groups is 1. The molecule has 1 amide bonds. The van der Waals surface area contributed by atoms with Crippen molar-refractivity contribution in [3.63, 3.8) is 0 Å². The van der Waals surface area contributed by atoms with Gasteiger partial charge in [0.25, 0.3) is 5.91 Å². The number of hydrogen-bond donors (Lipinski definition) is 2. The molecule has 1 aromatic rings. The topological polar surface area (TPSA) is 61.8 Å². The monoisotopic (exact) mass is 360 g/mol. The second-order valence-corrected chi connectivity index (χ2v) is 7.91. The van der Waals surface area contributed by atoms with Crippen molar-refractivity contribution in [2.75, 3.05) is 38.3 Å². The highest BCUT2D eigenvalue weighted by Gasteiger charge is 2.34. The van der Waals surface area contributed by atoms with E-state index in [-0.39, 0.29) is 17.9 Å². The maximum atomic E-state index is 12.5. The first-order chi connectivity index (χ1) is 12.6. The number of benzene rings is 1. The normalized spacial score (nSPS) is 23.8. The molecule has 26 heavy (non-hydrogen) atoms. The van der Waals surface area contributed by atoms with Gasteiger partial charge >= 0.3 is 0 Å². The number of anilines is 1. The Labute approximate surface area is 156 Å². The molecule has 1 saturated heterocycles. The first-order valence-electron chi connectivity index (χ1n) is 9.93. The largest absolute Gasteiger partial charge is 0.396 e. The lowest BCUT2D eigenvalue weighted by Crippen LogP contribution is -2.38. The number of ether oxygens (including phenoxy) is 1. The van der Waals surface area contributed by atoms with Crippen molar-refractivity contribution in [3.8, 4) is 0 Å². The van der Waals surface area contributed by atoms with Crippen molar-refractivity contribution in [3.05, 3.63) is 29.8 Å². The molecular formula is C21H32N2O3. The molecule has 1 unspecified atom stereocenters. The lowest BCUT2D eigenvalue weighted by Gasteiger charge is -2.33. The third-order valence-electron chi connectivity index (χ3n) is 6.11. The van der Waals surface area contributed by atoms with E-state index in [0.29, 0.717) is 37.8 Å². The van der Waals surface area contributed by atoms with Gasteiger partial charge in [-0.25, -0.2) is 0 Å². The van der Waals surface area contributed by atoms with Gasteiger partial charge in [0, 0.05) is 49.5 Å². The number of amides is 1. The minimum atomic E-state index is -0.119. The maximum Gasteiger partial charge on any atom is 0.251 e. The highest BCUT2D eigenvalue weighted by atomic mass is 16.5. The smallest absolute Gasteiger partial charge is 0.251 e. The molecule has 2 fully saturated rings. The third kappa shape index (κ3) is 4.57. The molecule has 0 bridgehead atoms. The molecule has 2 N–H and O–H groups in total. The van der Waals surface area contributed by atoms with Crippen LogP contribution in [-0.4, -0.2) is 50.5 Å². The molecule has 1 aliphatic heterocycles. The van der Waals surface area contributed by atoms with Crippen LogP contribution < -0.4 is 10.2 Å². The van der Waals surface area contributed by atoms with Crippen molar-refractivity contribution in [2.24, 2.45) is 5.41 Å². The Balaban J connectivity index is 1.56. The fourth-order valence-corrected chi connectivity index (χ4v) is 4.21. The minimum Gasteiger partial charge on any atom is -0.396 e. The predicted molar refractivity (Wildman–Crippen MR) is 104 cm³/mol. The number of aliphatic hydroxyl groups excluding tert-OH is 1. The SMILES string of the molecule is CN(c1ccc(C(=O)NCC2(CCO)CCOC2)cc1)C1CCCCC1. The average molecular weight is 360 g/mol. The van der Waals surface area contributed by atoms with E-state index < -0.39 is 0 Å². The number of carbonyl (C=O) groups is 1. The van der Waals surface area contributed by atoms with Crippen molar-refractivity contribution in [1.29, 1.82) is 0 Å². The Kier molecular flexibility index (Phi) is 6.54. The van der Waals surface area contributed by atoms with E-state index >= 15 is 0 Å². The highest BCUT2D eigenvalue weighted by molar-refractivity contribution is 5.94. The zero-order valence-electron chi connectivity index (χ0n) is 15.9. The van der Waals surface area contributed by atoms with Gasteiger partial charge in [-0.2, -0.15) is 0 Å². The number of hydrogen-bond acceptors (Lipinski definition) is 4. The van der Waals surface area contributed by atoms with Gasteiger partial charge in [-0.15, -0.1) is 0 Å². The summed E-state index contributed by atoms with van der Waals surface area (Å²) in [5.74, 6) is -0.0546. The number of nitrogens with one attached hydrogen (secondary N) is 1. The molecule has 1 aliphatic carbocycles. The molecule has 1 heterocycles. The quantitative estimate of drug-likeness (QED) is 0.785. The van der Waals surface area contributed by atoms with Crippen LogP contribution in [0.15, 0.2) is 24.3 Å². The van der Waals surface area contributed by atoms with Gasteiger partial charge in [-0.05, 0) is 49.9 Å². The van der Waals surface area contributed by atoms with E-state index in [1.165, 1.54) is 37.8 Å². The van der Waals surface area contributed by atoms with E-state index in [1.54, 1.807) is 0 Å². The Morgan fingerprint density at radius 3 is 2.62 bits per heavy atom. The minimum absolute atomic E-state index is 0.0546. The maximum absolute atomic E-state index is 12.5. The van der Waals surface area contributed by atoms with E-state index in [1.807, 2.05) is 24.3 Å². The average Bonchev–Trinajstić information content (AvgIpc) is 3.15. The predicted octanol–water partition coefficient (Wildman–Crippen LogP) is 2.97. The van der Waals surface area contributed by atoms with Gasteiger partial charge in [0.1, 0.15) is 0 Å². The van der Waals surface area contributed by atoms with Crippen molar-refractivity contribution < 1.29 is 14.6 Å². The number of nitrogens with zero attached hydrogens (tertiary/aromatic N) is 1. The van der Waals surface area contributed by atoms with Crippen LogP contribution in [0.4, 0.5) is 5.69 Å². The Bertz CT molecular complexity index is 575. The molecule has 0 aromatic heterocycles. The molecule has 3 rings (SSSR count). The third-order valence-corrected chi connectivity index (χ3v) is 6.11. The summed E-state index contributed by atoms with van der Waals surface area (Å²) in [6, 6.07) is 8.53. The molecular weight excluding hydrogens is 328 g/mol. The van der Waals surface area contributed by atoms with Crippen LogP contribution in [-0.2, 0) is 4.74 Å². The second kappa shape index (κ2) is 8.87. The van der Waals surface area contributed by atoms with E-state index in [9.17, 15) is 9.90 Å². The van der Waals surface area contributed by atoms with Crippen LogP contribution in [0.1, 0.15) is 55.3 Å². The summed E-state index contributed by atoms with van der Waals surface area (Å²) < 4.78 is 5.48. The summed E-state index contributed by atoms with van der Waals surface area (Å²) in [4.78, 5) is 14.9. The highest BCUT2D eigenvalue weighted by Crippen LogP contribution is 2.31. The van der Waals surface area contributed by atoms with Crippen molar-refractivity contribution in [2.45, 2.75) is 51.0 Å². The van der Waals surface area contributed by atoms with Crippen LogP contribution in [0.5, 0.6) is 0 Å². The number of carbonyl (C=O) groups excluding carboxylic acids is 1. The van der Waals surface area contributed by atoms with Gasteiger partial charge in [0.2, 0.25) is 0 Å². The molecule has 2 aliphatic rings. The molecule has 1 atom stereocenters. The Morgan fingerprint density at radius 2 is 2.00 bits per heavy atom. The van der Waals surface area contributed by atoms with Gasteiger partial charge in [0.15, 0.2) is 0 Å². The van der Waals surface area contributed by atoms with Crippen LogP contribution in [0, 0.1) is 5.41 Å². The van der Waals surface area contributed by atoms with Crippen LogP contribution in [0.3, 0.4) is 0 Å². The first kappa shape index (κ1) is 19.2. The van der Waals surface area contributed by atoms with E-state index in [0.717, 1.165) is 6.42 Å². The zero-order chi connectivity index (χ0) is 18.4. The van der Waals surface area contributed by atoms with Gasteiger partial charge in [-0.3, -0.25) is 4.79 Å². The summed E-state index contributed by atoms with van der Waals surface area (Å²) in [6.45, 7) is 1.99. The molecule has 5 nitrogen and oxygen atoms in total. The van der Waals surface area contributed by atoms with E-state index in [4.69, 9.17) is 4.74 Å². The second-order valence-electron chi connectivity index (χ2n) is 7.91. The van der Waals surface area contributed by atoms with E-state index in [2.05, 4.69) is 17.3 Å². The molecule has 1 aromatic carbocycles. The molecule has 5 heteroatoms. The molecule has 0 spiro atoms. The molecule has 144 valence electrons. The summed E-state index contributed by atoms with van der Waals surface area (Å²) >= 11 is 0. The van der Waals surface area contributed by atoms with Crippen molar-refractivity contribution >= 4 is 11.6 Å². The summed E-state index contributed by atoms with van der Waals surface area (Å²) in [7, 11) is 2.16. The lowest BCUT2D eigenvalue weighted by molar-refractivity contribution is 0.0889. The first-order valence-corrected chi connectivity index (χ1v) is 9.93. The van der Waals surface area contributed by atoms with Crippen LogP contribution in [0.2, 0.25) is 0 Å². The van der Waals surface area contributed by atoms with Gasteiger partial charge in [-0.1, -0.05) is 19.3 Å². The summed E-state index contributed by atoms with van der Waals surface area (Å²) in [5.41, 5.74) is 1.74. The van der Waals surface area contributed by atoms with Crippen LogP contribution in [0.25, 0.3) is 0 Å². The van der Waals surface area contributed by atoms with Gasteiger partial charge < -0.3 is 20.1 Å². The Morgan fingerprint density at radius 1 is 1.27 bits per heavy atom. The fraction of sp³-hybridized carbons (Fsp3) is 0.667.